The second-order valence-corrected chi connectivity index (χ2v) is 21.1. The molecule has 8 rings (SSSR count). The number of anilines is 2. The fourth-order valence-corrected chi connectivity index (χ4v) is 10.6. The Balaban J connectivity index is 0.849. The van der Waals surface area contributed by atoms with Gasteiger partial charge in [-0.15, -0.1) is 0 Å². The third-order valence-electron chi connectivity index (χ3n) is 14.3. The van der Waals surface area contributed by atoms with Gasteiger partial charge in [-0.25, -0.2) is 9.78 Å². The largest absolute Gasteiger partial charge is 0.444 e. The van der Waals surface area contributed by atoms with Gasteiger partial charge in [0, 0.05) is 102 Å². The number of hydrogen-bond acceptors (Lipinski definition) is 10. The number of carbonyl (C=O) groups is 4. The highest BCUT2D eigenvalue weighted by Gasteiger charge is 2.42. The van der Waals surface area contributed by atoms with Crippen LogP contribution in [-0.2, 0) is 32.6 Å². The minimum absolute atomic E-state index is 0.00466. The van der Waals surface area contributed by atoms with Crippen molar-refractivity contribution >= 4 is 56.9 Å². The molecule has 2 aromatic heterocycles. The predicted molar refractivity (Wildman–Crippen MR) is 267 cm³/mol. The molecule has 4 heterocycles. The van der Waals surface area contributed by atoms with E-state index in [4.69, 9.17) is 10.5 Å². The van der Waals surface area contributed by atoms with Gasteiger partial charge in [0.25, 0.3) is 0 Å². The minimum atomic E-state index is -0.817. The molecule has 2 saturated heterocycles. The van der Waals surface area contributed by atoms with Crippen LogP contribution in [0.1, 0.15) is 125 Å². The van der Waals surface area contributed by atoms with Crippen molar-refractivity contribution in [2.24, 2.45) is 5.41 Å². The number of aryl methyl sites for hydroxylation is 2. The number of aromatic amines is 1. The van der Waals surface area contributed by atoms with E-state index in [2.05, 4.69) is 83.2 Å². The van der Waals surface area contributed by atoms with Crippen LogP contribution in [0.25, 0.3) is 21.7 Å². The molecule has 0 radical (unpaired) electrons. The van der Waals surface area contributed by atoms with Crippen LogP contribution in [0.2, 0.25) is 0 Å². The number of nitrogens with two attached hydrogens (primary N) is 1. The number of amides is 3. The Hall–Kier alpha value is -6.46. The first-order valence-corrected chi connectivity index (χ1v) is 24.2. The van der Waals surface area contributed by atoms with Crippen LogP contribution in [0.15, 0.2) is 60.8 Å². The monoisotopic (exact) mass is 922 g/mol. The number of fused-ring (bicyclic) bond motifs is 5. The molecule has 2 fully saturated rings. The number of H-pyrrole nitrogens is 1. The first kappa shape index (κ1) is 48.0. The molecule has 2 atom stereocenters. The summed E-state index contributed by atoms with van der Waals surface area (Å²) >= 11 is 0. The summed E-state index contributed by atoms with van der Waals surface area (Å²) in [7, 11) is 0. The fraction of sp³-hybridized carbons (Fsp3) is 0.481. The highest BCUT2D eigenvalue weighted by Crippen LogP contribution is 2.46. The zero-order chi connectivity index (χ0) is 48.7. The number of hydrogen-bond donors (Lipinski definition) is 4. The van der Waals surface area contributed by atoms with Crippen molar-refractivity contribution in [3.8, 4) is 6.07 Å². The highest BCUT2D eigenvalue weighted by molar-refractivity contribution is 6.20. The Bertz CT molecular complexity index is 2810. The highest BCUT2D eigenvalue weighted by atomic mass is 16.6. The number of carbonyl (C=O) groups excluding carboxylic acids is 4. The molecule has 1 aliphatic carbocycles. The van der Waals surface area contributed by atoms with E-state index in [0.717, 1.165) is 74.8 Å². The lowest BCUT2D eigenvalue weighted by Gasteiger charge is -2.39. The number of pyridine rings is 1. The molecule has 3 aromatic carbocycles. The molecule has 14 heteroatoms. The number of nitrogens with zero attached hydrogens (tertiary/aromatic N) is 5. The molecular formula is C54H67N9O5. The summed E-state index contributed by atoms with van der Waals surface area (Å²) < 4.78 is 5.56. The summed E-state index contributed by atoms with van der Waals surface area (Å²) in [5.41, 5.74) is 12.6. The molecule has 0 bridgehead atoms. The average Bonchev–Trinajstić information content (AvgIpc) is 3.83. The van der Waals surface area contributed by atoms with Crippen LogP contribution in [0, 0.1) is 16.7 Å². The van der Waals surface area contributed by atoms with Gasteiger partial charge in [-0.2, -0.15) is 5.26 Å². The Kier molecular flexibility index (Phi) is 13.3. The lowest BCUT2D eigenvalue weighted by Crippen LogP contribution is -2.53. The number of piperazine rings is 1. The fourth-order valence-electron chi connectivity index (χ4n) is 10.6. The summed E-state index contributed by atoms with van der Waals surface area (Å²) in [4.78, 5) is 69.4. The van der Waals surface area contributed by atoms with E-state index in [1.165, 1.54) is 0 Å². The summed E-state index contributed by atoms with van der Waals surface area (Å²) in [6, 6.07) is 18.9. The maximum Gasteiger partial charge on any atom is 0.408 e. The molecule has 3 aliphatic rings. The molecule has 68 heavy (non-hydrogen) atoms. The van der Waals surface area contributed by atoms with Crippen molar-refractivity contribution in [2.45, 2.75) is 117 Å². The molecule has 14 nitrogen and oxygen atoms in total. The Labute approximate surface area is 400 Å². The quantitative estimate of drug-likeness (QED) is 0.0908. The summed E-state index contributed by atoms with van der Waals surface area (Å²) in [5, 5.41) is 18.5. The van der Waals surface area contributed by atoms with Crippen LogP contribution in [0.3, 0.4) is 0 Å². The first-order chi connectivity index (χ1) is 32.3. The molecule has 0 saturated carbocycles. The molecule has 5 N–H and O–H groups in total. The molecular weight excluding hydrogens is 855 g/mol. The Morgan fingerprint density at radius 2 is 1.76 bits per heavy atom. The van der Waals surface area contributed by atoms with Gasteiger partial charge in [0.05, 0.1) is 17.2 Å². The zero-order valence-corrected chi connectivity index (χ0v) is 41.0. The number of aromatic nitrogens is 2. The van der Waals surface area contributed by atoms with E-state index in [9.17, 15) is 24.4 Å². The lowest BCUT2D eigenvalue weighted by atomic mass is 9.70. The van der Waals surface area contributed by atoms with E-state index >= 15 is 0 Å². The number of nitrogen functional groups attached to an aromatic ring is 1. The summed E-state index contributed by atoms with van der Waals surface area (Å²) in [6.07, 6.45) is 4.59. The van der Waals surface area contributed by atoms with Gasteiger partial charge < -0.3 is 40.8 Å². The predicted octanol–water partition coefficient (Wildman–Crippen LogP) is 7.77. The van der Waals surface area contributed by atoms with Crippen LogP contribution in [0.4, 0.5) is 16.3 Å². The molecule has 3 amide bonds. The van der Waals surface area contributed by atoms with Crippen LogP contribution < -0.4 is 21.3 Å². The van der Waals surface area contributed by atoms with Crippen molar-refractivity contribution in [1.29, 1.82) is 5.26 Å². The number of ether oxygens (including phenoxy) is 1. The third-order valence-corrected chi connectivity index (χ3v) is 14.3. The smallest absolute Gasteiger partial charge is 0.408 e. The van der Waals surface area contributed by atoms with Gasteiger partial charge in [0.15, 0.2) is 5.78 Å². The number of nitrogens with one attached hydrogen (secondary N) is 3. The topological polar surface area (TPSA) is 190 Å². The number of benzene rings is 3. The van der Waals surface area contributed by atoms with Crippen molar-refractivity contribution in [3.63, 3.8) is 0 Å². The van der Waals surface area contributed by atoms with E-state index in [-0.39, 0.29) is 29.1 Å². The van der Waals surface area contributed by atoms with E-state index in [1.807, 2.05) is 41.3 Å². The Morgan fingerprint density at radius 3 is 2.49 bits per heavy atom. The second-order valence-electron chi connectivity index (χ2n) is 21.1. The van der Waals surface area contributed by atoms with Gasteiger partial charge in [-0.05, 0) is 106 Å². The average molecular weight is 922 g/mol. The van der Waals surface area contributed by atoms with Gasteiger partial charge in [-0.1, -0.05) is 65.0 Å². The van der Waals surface area contributed by atoms with Crippen molar-refractivity contribution < 1.29 is 23.9 Å². The number of rotatable bonds is 13. The molecule has 0 unspecified atom stereocenters. The Morgan fingerprint density at radius 1 is 1.01 bits per heavy atom. The molecule has 0 spiro atoms. The van der Waals surface area contributed by atoms with Crippen molar-refractivity contribution in [3.05, 3.63) is 99.9 Å². The molecule has 358 valence electrons. The van der Waals surface area contributed by atoms with Crippen molar-refractivity contribution in [2.75, 3.05) is 56.4 Å². The lowest BCUT2D eigenvalue weighted by molar-refractivity contribution is -0.131. The van der Waals surface area contributed by atoms with E-state index < -0.39 is 23.2 Å². The van der Waals surface area contributed by atoms with Gasteiger partial charge in [0.2, 0.25) is 11.8 Å². The second kappa shape index (κ2) is 18.9. The standard InChI is InChI=1S/C54H67N9O5/c1-9-34-27-39-40(54(7,8)48-46(47(39)65)38-20-19-33(29-55)26-42(38)58-48)28-43(34)62-22-24-63(25-23-62)45(64)18-13-21-61-31-44(53(5,6)32-61)60-50(66)41(59-51(67)68-52(2,3)4)17-12-16-37-36-15-11-10-14-35(36)30-57-49(37)56/h10-11,14-15,19-20,26-28,30,41,44,58H,9,12-13,16-18,21-25,31-32H2,1-8H3,(H2,56,57)(H,59,67)(H,60,66)/t41-,44-/m0/s1. The van der Waals surface area contributed by atoms with E-state index in [0.29, 0.717) is 81.8 Å². The maximum atomic E-state index is 14.2. The SMILES string of the molecule is CCc1cc2c(cc1N1CCN(C(=O)CCCN3C[C@H](NC(=O)[C@H](CCCc4c(N)ncc5ccccc45)NC(=O)OC(C)(C)C)C(C)(C)C3)CC1)C(C)(C)c1[nH]c3cc(C#N)ccc3c1C2=O. The number of ketones is 1. The van der Waals surface area contributed by atoms with Crippen LogP contribution in [0.5, 0.6) is 0 Å². The van der Waals surface area contributed by atoms with Gasteiger partial charge in [0.1, 0.15) is 17.5 Å². The first-order valence-electron chi connectivity index (χ1n) is 24.2. The number of alkyl carbamates (subject to hydrolysis) is 1. The maximum absolute atomic E-state index is 14.2. The van der Waals surface area contributed by atoms with E-state index in [1.54, 1.807) is 33.0 Å². The summed E-state index contributed by atoms with van der Waals surface area (Å²) in [5.74, 6) is 0.351. The van der Waals surface area contributed by atoms with Gasteiger partial charge >= 0.3 is 6.09 Å². The van der Waals surface area contributed by atoms with Crippen LogP contribution >= 0.6 is 0 Å². The summed E-state index contributed by atoms with van der Waals surface area (Å²) in [6.45, 7) is 20.8. The molecule has 5 aromatic rings. The number of likely N-dealkylation sites (tertiary alicyclic amines) is 1. The minimum Gasteiger partial charge on any atom is -0.444 e. The van der Waals surface area contributed by atoms with Gasteiger partial charge in [-0.3, -0.25) is 14.4 Å². The number of nitriles is 1. The zero-order valence-electron chi connectivity index (χ0n) is 41.0. The normalized spacial score (nSPS) is 18.2. The molecule has 2 aliphatic heterocycles. The van der Waals surface area contributed by atoms with Crippen LogP contribution in [-0.4, -0.2) is 107 Å². The third kappa shape index (κ3) is 9.77. The van der Waals surface area contributed by atoms with Crippen molar-refractivity contribution in [1.82, 2.24) is 30.4 Å².